The van der Waals surface area contributed by atoms with E-state index in [2.05, 4.69) is 32.5 Å². The Morgan fingerprint density at radius 1 is 1.16 bits per heavy atom. The minimum atomic E-state index is -3.79. The lowest BCUT2D eigenvalue weighted by Crippen LogP contribution is -2.25. The quantitative estimate of drug-likeness (QED) is 0.253. The molecule has 0 bridgehead atoms. The number of aryl methyl sites for hydroxylation is 3. The molecule has 38 heavy (non-hydrogen) atoms. The molecule has 0 aliphatic rings. The predicted octanol–water partition coefficient (Wildman–Crippen LogP) is 3.20. The highest BCUT2D eigenvalue weighted by molar-refractivity contribution is 7.90. The van der Waals surface area contributed by atoms with Gasteiger partial charge >= 0.3 is 0 Å². The van der Waals surface area contributed by atoms with Gasteiger partial charge in [-0.25, -0.2) is 8.42 Å². The zero-order valence-corrected chi connectivity index (χ0v) is 22.3. The fraction of sp³-hybridized carbons (Fsp3) is 0.250. The highest BCUT2D eigenvalue weighted by atomic mass is 32.2. The molecule has 4 aromatic rings. The average Bonchev–Trinajstić information content (AvgIpc) is 3.57. The number of carbonyl (C=O) groups excluding carboxylic acids is 1. The summed E-state index contributed by atoms with van der Waals surface area (Å²) in [5.41, 5.74) is 3.68. The number of sulfone groups is 1. The molecule has 0 aliphatic carbocycles. The summed E-state index contributed by atoms with van der Waals surface area (Å²) in [5.74, 6) is 6.11. The van der Waals surface area contributed by atoms with Crippen LogP contribution in [0.2, 0.25) is 0 Å². The van der Waals surface area contributed by atoms with Gasteiger partial charge in [0.1, 0.15) is 5.75 Å². The number of amides is 1. The third-order valence-corrected chi connectivity index (χ3v) is 7.62. The summed E-state index contributed by atoms with van der Waals surface area (Å²) in [6.07, 6.45) is 6.78. The van der Waals surface area contributed by atoms with Crippen LogP contribution in [0, 0.1) is 18.8 Å². The maximum Gasteiger partial charge on any atom is 0.251 e. The van der Waals surface area contributed by atoms with E-state index in [4.69, 9.17) is 4.74 Å². The number of hydrogen-bond donors (Lipinski definition) is 2. The summed E-state index contributed by atoms with van der Waals surface area (Å²) in [6, 6.07) is 11.6. The summed E-state index contributed by atoms with van der Waals surface area (Å²) in [4.78, 5) is 12.9. The van der Waals surface area contributed by atoms with Crippen molar-refractivity contribution in [3.05, 3.63) is 94.6 Å². The largest absolute Gasteiger partial charge is 0.496 e. The van der Waals surface area contributed by atoms with Crippen molar-refractivity contribution in [2.24, 2.45) is 7.05 Å². The van der Waals surface area contributed by atoms with Gasteiger partial charge in [0.05, 0.1) is 29.6 Å². The first-order valence-electron chi connectivity index (χ1n) is 12.0. The van der Waals surface area contributed by atoms with Crippen LogP contribution in [0.4, 0.5) is 0 Å². The van der Waals surface area contributed by atoms with E-state index in [1.807, 2.05) is 25.3 Å². The molecule has 0 aliphatic heterocycles. The molecule has 0 radical (unpaired) electrons. The number of rotatable bonds is 9. The molecule has 0 unspecified atom stereocenters. The highest BCUT2D eigenvalue weighted by Crippen LogP contribution is 2.23. The lowest BCUT2D eigenvalue weighted by Gasteiger charge is -2.10. The number of carbonyl (C=O) groups is 1. The molecule has 0 saturated heterocycles. The average molecular weight is 532 g/mol. The standard InChI is InChI=1S/C28H29N5O4S/c1-20-6-7-21(15-26(20)37-3)8-9-23-16-24(28(34)29-13-4-5-22-17-30-31-18-22)10-11-27(23)38(35,36)19-25-12-14-33(2)32-25/h6-7,10-12,14-18H,4-5,13,19H2,1-3H3,(H,29,34)(H,30,31). The van der Waals surface area contributed by atoms with Crippen molar-refractivity contribution >= 4 is 15.7 Å². The van der Waals surface area contributed by atoms with Crippen LogP contribution >= 0.6 is 0 Å². The number of nitrogens with zero attached hydrogens (tertiary/aromatic N) is 3. The molecular weight excluding hydrogens is 502 g/mol. The third kappa shape index (κ3) is 6.69. The van der Waals surface area contributed by atoms with E-state index in [-0.39, 0.29) is 22.1 Å². The highest BCUT2D eigenvalue weighted by Gasteiger charge is 2.21. The van der Waals surface area contributed by atoms with Gasteiger partial charge in [0.25, 0.3) is 5.91 Å². The summed E-state index contributed by atoms with van der Waals surface area (Å²) in [7, 11) is -0.477. The predicted molar refractivity (Wildman–Crippen MR) is 143 cm³/mol. The Morgan fingerprint density at radius 2 is 2.00 bits per heavy atom. The van der Waals surface area contributed by atoms with Crippen molar-refractivity contribution in [3.63, 3.8) is 0 Å². The van der Waals surface area contributed by atoms with E-state index in [1.54, 1.807) is 43.4 Å². The van der Waals surface area contributed by atoms with Gasteiger partial charge in [-0.15, -0.1) is 0 Å². The number of H-pyrrole nitrogens is 1. The Labute approximate surface area is 222 Å². The molecule has 2 N–H and O–H groups in total. The monoisotopic (exact) mass is 531 g/mol. The van der Waals surface area contributed by atoms with E-state index in [1.165, 1.54) is 18.2 Å². The molecule has 2 heterocycles. The van der Waals surface area contributed by atoms with E-state index in [0.29, 0.717) is 29.1 Å². The fourth-order valence-corrected chi connectivity index (χ4v) is 5.32. The number of nitrogens with one attached hydrogen (secondary N) is 2. The van der Waals surface area contributed by atoms with Gasteiger partial charge in [0.2, 0.25) is 0 Å². The minimum Gasteiger partial charge on any atom is -0.496 e. The minimum absolute atomic E-state index is 0.0474. The van der Waals surface area contributed by atoms with E-state index >= 15 is 0 Å². The van der Waals surface area contributed by atoms with Gasteiger partial charge in [-0.05, 0) is 67.3 Å². The number of aromatic amines is 1. The van der Waals surface area contributed by atoms with Crippen LogP contribution in [0.3, 0.4) is 0 Å². The molecular formula is C28H29N5O4S. The molecule has 0 fully saturated rings. The van der Waals surface area contributed by atoms with Crippen molar-refractivity contribution in [3.8, 4) is 17.6 Å². The number of hydrogen-bond acceptors (Lipinski definition) is 6. The molecule has 0 atom stereocenters. The second kappa shape index (κ2) is 11.8. The van der Waals surface area contributed by atoms with E-state index in [0.717, 1.165) is 24.0 Å². The zero-order chi connectivity index (χ0) is 27.1. The van der Waals surface area contributed by atoms with Gasteiger partial charge in [0.15, 0.2) is 9.84 Å². The smallest absolute Gasteiger partial charge is 0.251 e. The van der Waals surface area contributed by atoms with Crippen LogP contribution in [-0.2, 0) is 29.1 Å². The van der Waals surface area contributed by atoms with Crippen LogP contribution in [-0.4, -0.2) is 48.0 Å². The molecule has 0 saturated carbocycles. The van der Waals surface area contributed by atoms with E-state index < -0.39 is 9.84 Å². The molecule has 196 valence electrons. The van der Waals surface area contributed by atoms with Crippen molar-refractivity contribution in [1.82, 2.24) is 25.3 Å². The van der Waals surface area contributed by atoms with Crippen molar-refractivity contribution in [2.45, 2.75) is 30.4 Å². The van der Waals surface area contributed by atoms with Gasteiger partial charge in [-0.3, -0.25) is 14.6 Å². The summed E-state index contributed by atoms with van der Waals surface area (Å²) in [5, 5.41) is 13.8. The van der Waals surface area contributed by atoms with Crippen molar-refractivity contribution < 1.29 is 17.9 Å². The summed E-state index contributed by atoms with van der Waals surface area (Å²) < 4.78 is 33.6. The van der Waals surface area contributed by atoms with Gasteiger partial charge in [-0.2, -0.15) is 10.2 Å². The van der Waals surface area contributed by atoms with Crippen molar-refractivity contribution in [2.75, 3.05) is 13.7 Å². The van der Waals surface area contributed by atoms with Crippen LogP contribution in [0.1, 0.15) is 44.7 Å². The normalized spacial score (nSPS) is 11.0. The second-order valence-electron chi connectivity index (χ2n) is 8.85. The maximum absolute atomic E-state index is 13.3. The first-order valence-corrected chi connectivity index (χ1v) is 13.7. The number of methoxy groups -OCH3 is 1. The number of ether oxygens (including phenoxy) is 1. The lowest BCUT2D eigenvalue weighted by atomic mass is 10.1. The molecule has 2 aromatic heterocycles. The Balaban J connectivity index is 1.61. The fourth-order valence-electron chi connectivity index (χ4n) is 3.90. The van der Waals surface area contributed by atoms with Gasteiger partial charge < -0.3 is 10.1 Å². The van der Waals surface area contributed by atoms with Crippen LogP contribution in [0.15, 0.2) is 66.0 Å². The Morgan fingerprint density at radius 3 is 2.71 bits per heavy atom. The Kier molecular flexibility index (Phi) is 8.28. The van der Waals surface area contributed by atoms with Gasteiger partial charge in [0, 0.05) is 42.7 Å². The summed E-state index contributed by atoms with van der Waals surface area (Å²) >= 11 is 0. The first kappa shape index (κ1) is 26.7. The SMILES string of the molecule is COc1cc(C#Cc2cc(C(=O)NCCCc3cn[nH]c3)ccc2S(=O)(=O)Cc2ccn(C)n2)ccc1C. The number of aromatic nitrogens is 4. The third-order valence-electron chi connectivity index (χ3n) is 5.92. The zero-order valence-electron chi connectivity index (χ0n) is 21.5. The molecule has 4 rings (SSSR count). The molecule has 0 spiro atoms. The maximum atomic E-state index is 13.3. The van der Waals surface area contributed by atoms with E-state index in [9.17, 15) is 13.2 Å². The van der Waals surface area contributed by atoms with Crippen LogP contribution < -0.4 is 10.1 Å². The van der Waals surface area contributed by atoms with Crippen molar-refractivity contribution in [1.29, 1.82) is 0 Å². The van der Waals surface area contributed by atoms with Gasteiger partial charge in [-0.1, -0.05) is 17.9 Å². The molecule has 10 heteroatoms. The van der Waals surface area contributed by atoms with Crippen LogP contribution in [0.25, 0.3) is 0 Å². The Hall–Kier alpha value is -4.36. The molecule has 1 amide bonds. The second-order valence-corrected chi connectivity index (χ2v) is 10.8. The topological polar surface area (TPSA) is 119 Å². The molecule has 2 aromatic carbocycles. The summed E-state index contributed by atoms with van der Waals surface area (Å²) in [6.45, 7) is 2.39. The number of benzene rings is 2. The molecule has 9 nitrogen and oxygen atoms in total. The lowest BCUT2D eigenvalue weighted by molar-refractivity contribution is 0.0953. The van der Waals surface area contributed by atoms with Crippen LogP contribution in [0.5, 0.6) is 5.75 Å². The first-order chi connectivity index (χ1) is 18.2. The Bertz CT molecular complexity index is 1600.